The van der Waals surface area contributed by atoms with Crippen LogP contribution >= 0.6 is 0 Å². The number of pyridine rings is 1. The molecule has 2 N–H and O–H groups in total. The first-order valence-electron chi connectivity index (χ1n) is 4.39. The largest absolute Gasteiger partial charge is 0.323 e. The fourth-order valence-corrected chi connectivity index (χ4v) is 1.15. The number of nitrogens with zero attached hydrogens (tertiary/aromatic N) is 2. The highest BCUT2D eigenvalue weighted by atomic mass is 14.8. The van der Waals surface area contributed by atoms with E-state index >= 15 is 0 Å². The second-order valence-electron chi connectivity index (χ2n) is 2.98. The Bertz CT molecular complexity index is 297. The lowest BCUT2D eigenvalue weighted by atomic mass is 10.1. The summed E-state index contributed by atoms with van der Waals surface area (Å²) in [6, 6.07) is 5.59. The number of aromatic nitrogens is 1. The van der Waals surface area contributed by atoms with Gasteiger partial charge in [-0.05, 0) is 18.6 Å². The van der Waals surface area contributed by atoms with Gasteiger partial charge in [-0.2, -0.15) is 5.26 Å². The summed E-state index contributed by atoms with van der Waals surface area (Å²) < 4.78 is 0. The third-order valence-electron chi connectivity index (χ3n) is 1.90. The van der Waals surface area contributed by atoms with Crippen LogP contribution in [0.25, 0.3) is 0 Å². The lowest BCUT2D eigenvalue weighted by Crippen LogP contribution is -2.11. The van der Waals surface area contributed by atoms with E-state index in [-0.39, 0.29) is 6.04 Å². The quantitative estimate of drug-likeness (QED) is 0.761. The molecule has 68 valence electrons. The maximum Gasteiger partial charge on any atom is 0.101 e. The molecule has 0 aliphatic heterocycles. The minimum absolute atomic E-state index is 0.00209. The molecule has 0 fully saturated rings. The Hall–Kier alpha value is -1.40. The molecular formula is C10H13N3. The van der Waals surface area contributed by atoms with Crippen LogP contribution in [0.15, 0.2) is 18.3 Å². The van der Waals surface area contributed by atoms with Crippen molar-refractivity contribution in [3.05, 3.63) is 29.6 Å². The van der Waals surface area contributed by atoms with E-state index in [1.54, 1.807) is 12.3 Å². The summed E-state index contributed by atoms with van der Waals surface area (Å²) in [6.07, 6.45) is 3.53. The average Bonchev–Trinajstić information content (AvgIpc) is 2.18. The second kappa shape index (κ2) is 4.58. The van der Waals surface area contributed by atoms with Gasteiger partial charge in [-0.15, -0.1) is 0 Å². The molecule has 0 aromatic carbocycles. The molecule has 1 aromatic rings. The van der Waals surface area contributed by atoms with E-state index in [0.29, 0.717) is 5.56 Å². The van der Waals surface area contributed by atoms with E-state index in [1.807, 2.05) is 12.1 Å². The molecular weight excluding hydrogens is 162 g/mol. The Morgan fingerprint density at radius 2 is 2.38 bits per heavy atom. The van der Waals surface area contributed by atoms with Gasteiger partial charge in [0.1, 0.15) is 6.07 Å². The van der Waals surface area contributed by atoms with Crippen LogP contribution in [-0.4, -0.2) is 4.98 Å². The van der Waals surface area contributed by atoms with Crippen LogP contribution in [-0.2, 0) is 0 Å². The normalized spacial score (nSPS) is 12.1. The van der Waals surface area contributed by atoms with Gasteiger partial charge in [0.25, 0.3) is 0 Å². The standard InChI is InChI=1S/C10H13N3/c1-2-3-9(12)10-5-4-8(6-11)7-13-10/h4-5,7,9H,2-3,12H2,1H3/t9-/m1/s1. The van der Waals surface area contributed by atoms with Gasteiger partial charge in [0.15, 0.2) is 0 Å². The van der Waals surface area contributed by atoms with Crippen LogP contribution < -0.4 is 5.73 Å². The molecule has 0 amide bonds. The van der Waals surface area contributed by atoms with Crippen LogP contribution in [0.5, 0.6) is 0 Å². The summed E-state index contributed by atoms with van der Waals surface area (Å²) in [6.45, 7) is 2.09. The highest BCUT2D eigenvalue weighted by Gasteiger charge is 2.05. The zero-order chi connectivity index (χ0) is 9.68. The third-order valence-corrected chi connectivity index (χ3v) is 1.90. The Labute approximate surface area is 78.2 Å². The molecule has 0 spiro atoms. The molecule has 1 rings (SSSR count). The molecule has 0 aliphatic carbocycles. The number of hydrogen-bond donors (Lipinski definition) is 1. The van der Waals surface area contributed by atoms with Crippen molar-refractivity contribution in [2.45, 2.75) is 25.8 Å². The SMILES string of the molecule is CCC[C@@H](N)c1ccc(C#N)cn1. The van der Waals surface area contributed by atoms with Crippen molar-refractivity contribution < 1.29 is 0 Å². The van der Waals surface area contributed by atoms with Crippen molar-refractivity contribution >= 4 is 0 Å². The van der Waals surface area contributed by atoms with Gasteiger partial charge in [0.2, 0.25) is 0 Å². The maximum absolute atomic E-state index is 8.55. The number of nitriles is 1. The molecule has 0 saturated heterocycles. The summed E-state index contributed by atoms with van der Waals surface area (Å²) in [4.78, 5) is 4.12. The van der Waals surface area contributed by atoms with Crippen LogP contribution in [0, 0.1) is 11.3 Å². The van der Waals surface area contributed by atoms with Crippen molar-refractivity contribution in [3.63, 3.8) is 0 Å². The molecule has 13 heavy (non-hydrogen) atoms. The smallest absolute Gasteiger partial charge is 0.101 e. The third kappa shape index (κ3) is 2.53. The molecule has 1 atom stereocenters. The van der Waals surface area contributed by atoms with Crippen molar-refractivity contribution in [2.75, 3.05) is 0 Å². The summed E-state index contributed by atoms with van der Waals surface area (Å²) >= 11 is 0. The van der Waals surface area contributed by atoms with Gasteiger partial charge >= 0.3 is 0 Å². The van der Waals surface area contributed by atoms with Gasteiger partial charge in [-0.1, -0.05) is 13.3 Å². The van der Waals surface area contributed by atoms with E-state index in [4.69, 9.17) is 11.0 Å². The van der Waals surface area contributed by atoms with E-state index in [2.05, 4.69) is 11.9 Å². The Balaban J connectivity index is 2.75. The van der Waals surface area contributed by atoms with Crippen molar-refractivity contribution in [1.29, 1.82) is 5.26 Å². The molecule has 3 heteroatoms. The van der Waals surface area contributed by atoms with Crippen LogP contribution in [0.1, 0.15) is 37.1 Å². The Kier molecular flexibility index (Phi) is 3.41. The first kappa shape index (κ1) is 9.69. The molecule has 1 heterocycles. The molecule has 0 aliphatic rings. The summed E-state index contributed by atoms with van der Waals surface area (Å²) in [7, 11) is 0. The van der Waals surface area contributed by atoms with Gasteiger partial charge < -0.3 is 5.73 Å². The monoisotopic (exact) mass is 175 g/mol. The van der Waals surface area contributed by atoms with E-state index < -0.39 is 0 Å². The fourth-order valence-electron chi connectivity index (χ4n) is 1.15. The van der Waals surface area contributed by atoms with Gasteiger partial charge in [0, 0.05) is 12.2 Å². The van der Waals surface area contributed by atoms with Crippen LogP contribution in [0.2, 0.25) is 0 Å². The van der Waals surface area contributed by atoms with Crippen LogP contribution in [0.4, 0.5) is 0 Å². The number of nitrogens with two attached hydrogens (primary N) is 1. The number of hydrogen-bond acceptors (Lipinski definition) is 3. The highest BCUT2D eigenvalue weighted by molar-refractivity contribution is 5.27. The van der Waals surface area contributed by atoms with Gasteiger partial charge in [-0.25, -0.2) is 0 Å². The molecule has 0 radical (unpaired) electrons. The predicted octanol–water partition coefficient (Wildman–Crippen LogP) is 1.75. The molecule has 3 nitrogen and oxygen atoms in total. The van der Waals surface area contributed by atoms with Crippen molar-refractivity contribution in [2.24, 2.45) is 5.73 Å². The summed E-state index contributed by atoms with van der Waals surface area (Å²) in [5, 5.41) is 8.55. The Morgan fingerprint density at radius 3 is 2.85 bits per heavy atom. The zero-order valence-corrected chi connectivity index (χ0v) is 7.70. The number of rotatable bonds is 3. The molecule has 0 bridgehead atoms. The van der Waals surface area contributed by atoms with Crippen molar-refractivity contribution in [1.82, 2.24) is 4.98 Å². The van der Waals surface area contributed by atoms with E-state index in [0.717, 1.165) is 18.5 Å². The second-order valence-corrected chi connectivity index (χ2v) is 2.98. The first-order valence-corrected chi connectivity index (χ1v) is 4.39. The lowest BCUT2D eigenvalue weighted by molar-refractivity contribution is 0.621. The highest BCUT2D eigenvalue weighted by Crippen LogP contribution is 2.12. The molecule has 0 unspecified atom stereocenters. The predicted molar refractivity (Wildman–Crippen MR) is 50.8 cm³/mol. The first-order chi connectivity index (χ1) is 6.27. The average molecular weight is 175 g/mol. The van der Waals surface area contributed by atoms with Gasteiger partial charge in [0.05, 0.1) is 11.3 Å². The summed E-state index contributed by atoms with van der Waals surface area (Å²) in [5.74, 6) is 0. The minimum Gasteiger partial charge on any atom is -0.323 e. The molecule has 1 aromatic heterocycles. The maximum atomic E-state index is 8.55. The van der Waals surface area contributed by atoms with Gasteiger partial charge in [-0.3, -0.25) is 4.98 Å². The molecule has 0 saturated carbocycles. The fraction of sp³-hybridized carbons (Fsp3) is 0.400. The zero-order valence-electron chi connectivity index (χ0n) is 7.70. The minimum atomic E-state index is -0.00209. The van der Waals surface area contributed by atoms with E-state index in [9.17, 15) is 0 Å². The summed E-state index contributed by atoms with van der Waals surface area (Å²) in [5.41, 5.74) is 7.29. The van der Waals surface area contributed by atoms with Crippen LogP contribution in [0.3, 0.4) is 0 Å². The Morgan fingerprint density at radius 1 is 1.62 bits per heavy atom. The van der Waals surface area contributed by atoms with E-state index in [1.165, 1.54) is 0 Å². The lowest BCUT2D eigenvalue weighted by Gasteiger charge is -2.08. The van der Waals surface area contributed by atoms with Crippen molar-refractivity contribution in [3.8, 4) is 6.07 Å². The topological polar surface area (TPSA) is 62.7 Å².